The fourth-order valence-electron chi connectivity index (χ4n) is 2.47. The standard InChI is InChI=1S/C17H28N2O2/c1-13(2)15(9-10-18)7-8-17(20)19-16-6-4-5-14(11-16)12-21-3/h4-6,11,13,15H,7-10,12,18H2,1-3H3,(H,19,20). The van der Waals surface area contributed by atoms with Crippen molar-refractivity contribution in [3.8, 4) is 0 Å². The lowest BCUT2D eigenvalue weighted by molar-refractivity contribution is -0.116. The molecule has 0 saturated carbocycles. The topological polar surface area (TPSA) is 64.3 Å². The second-order valence-corrected chi connectivity index (χ2v) is 5.80. The Hall–Kier alpha value is -1.39. The van der Waals surface area contributed by atoms with Crippen molar-refractivity contribution in [2.45, 2.75) is 39.7 Å². The van der Waals surface area contributed by atoms with Gasteiger partial charge in [0.1, 0.15) is 0 Å². The predicted octanol–water partition coefficient (Wildman–Crippen LogP) is 3.17. The highest BCUT2D eigenvalue weighted by Crippen LogP contribution is 2.21. The lowest BCUT2D eigenvalue weighted by Crippen LogP contribution is -2.18. The first kappa shape index (κ1) is 17.7. The minimum atomic E-state index is 0.0623. The molecule has 0 fully saturated rings. The van der Waals surface area contributed by atoms with Gasteiger partial charge in [0.2, 0.25) is 5.91 Å². The van der Waals surface area contributed by atoms with Gasteiger partial charge in [0.05, 0.1) is 6.61 Å². The van der Waals surface area contributed by atoms with Gasteiger partial charge in [-0.25, -0.2) is 0 Å². The molecule has 0 aromatic heterocycles. The molecule has 0 saturated heterocycles. The van der Waals surface area contributed by atoms with E-state index in [2.05, 4.69) is 19.2 Å². The van der Waals surface area contributed by atoms with Crippen LogP contribution in [-0.4, -0.2) is 19.6 Å². The van der Waals surface area contributed by atoms with Gasteiger partial charge < -0.3 is 15.8 Å². The molecule has 1 unspecified atom stereocenters. The SMILES string of the molecule is COCc1cccc(NC(=O)CCC(CCN)C(C)C)c1. The molecule has 21 heavy (non-hydrogen) atoms. The molecule has 1 rings (SSSR count). The third-order valence-corrected chi connectivity index (χ3v) is 3.74. The van der Waals surface area contributed by atoms with Gasteiger partial charge in [0, 0.05) is 19.2 Å². The number of methoxy groups -OCH3 is 1. The van der Waals surface area contributed by atoms with Crippen molar-refractivity contribution in [1.29, 1.82) is 0 Å². The van der Waals surface area contributed by atoms with Gasteiger partial charge in [-0.2, -0.15) is 0 Å². The van der Waals surface area contributed by atoms with E-state index < -0.39 is 0 Å². The van der Waals surface area contributed by atoms with Gasteiger partial charge >= 0.3 is 0 Å². The number of carbonyl (C=O) groups excluding carboxylic acids is 1. The minimum Gasteiger partial charge on any atom is -0.380 e. The number of hydrogen-bond donors (Lipinski definition) is 2. The first-order valence-electron chi connectivity index (χ1n) is 7.64. The molecule has 4 heteroatoms. The van der Waals surface area contributed by atoms with Crippen LogP contribution in [0.2, 0.25) is 0 Å². The Kier molecular flexibility index (Phi) is 8.01. The molecule has 1 amide bonds. The minimum absolute atomic E-state index is 0.0623. The van der Waals surface area contributed by atoms with Crippen LogP contribution < -0.4 is 11.1 Å². The number of amides is 1. The maximum Gasteiger partial charge on any atom is 0.224 e. The first-order valence-corrected chi connectivity index (χ1v) is 7.64. The number of ether oxygens (including phenoxy) is 1. The van der Waals surface area contributed by atoms with Gasteiger partial charge in [0.25, 0.3) is 0 Å². The van der Waals surface area contributed by atoms with E-state index in [9.17, 15) is 4.79 Å². The van der Waals surface area contributed by atoms with Gasteiger partial charge in [-0.05, 0) is 48.9 Å². The third kappa shape index (κ3) is 6.74. The van der Waals surface area contributed by atoms with Crippen LogP contribution >= 0.6 is 0 Å². The van der Waals surface area contributed by atoms with Crippen LogP contribution in [0, 0.1) is 11.8 Å². The lowest BCUT2D eigenvalue weighted by Gasteiger charge is -2.19. The van der Waals surface area contributed by atoms with E-state index in [1.54, 1.807) is 7.11 Å². The molecule has 4 nitrogen and oxygen atoms in total. The zero-order valence-electron chi connectivity index (χ0n) is 13.4. The summed E-state index contributed by atoms with van der Waals surface area (Å²) in [6.07, 6.45) is 2.41. The zero-order chi connectivity index (χ0) is 15.7. The summed E-state index contributed by atoms with van der Waals surface area (Å²) in [7, 11) is 1.66. The van der Waals surface area contributed by atoms with Crippen molar-refractivity contribution in [3.63, 3.8) is 0 Å². The highest BCUT2D eigenvalue weighted by Gasteiger charge is 2.14. The molecule has 118 valence electrons. The monoisotopic (exact) mass is 292 g/mol. The van der Waals surface area contributed by atoms with Crippen molar-refractivity contribution in [3.05, 3.63) is 29.8 Å². The van der Waals surface area contributed by atoms with Crippen molar-refractivity contribution in [2.75, 3.05) is 19.0 Å². The molecular weight excluding hydrogens is 264 g/mol. The quantitative estimate of drug-likeness (QED) is 0.734. The van der Waals surface area contributed by atoms with Crippen molar-refractivity contribution in [2.24, 2.45) is 17.6 Å². The summed E-state index contributed by atoms with van der Waals surface area (Å²) in [5, 5.41) is 2.95. The second-order valence-electron chi connectivity index (χ2n) is 5.80. The number of benzene rings is 1. The van der Waals surface area contributed by atoms with Crippen molar-refractivity contribution >= 4 is 11.6 Å². The van der Waals surface area contributed by atoms with Crippen LogP contribution in [0.4, 0.5) is 5.69 Å². The first-order chi connectivity index (χ1) is 10.1. The molecule has 0 bridgehead atoms. The van der Waals surface area contributed by atoms with Crippen LogP contribution in [0.25, 0.3) is 0 Å². The maximum atomic E-state index is 12.0. The number of hydrogen-bond acceptors (Lipinski definition) is 3. The van der Waals surface area contributed by atoms with Gasteiger partial charge in [-0.15, -0.1) is 0 Å². The van der Waals surface area contributed by atoms with Crippen molar-refractivity contribution in [1.82, 2.24) is 0 Å². The van der Waals surface area contributed by atoms with Crippen LogP contribution in [-0.2, 0) is 16.1 Å². The summed E-state index contributed by atoms with van der Waals surface area (Å²) in [4.78, 5) is 12.0. The fourth-order valence-corrected chi connectivity index (χ4v) is 2.47. The molecule has 0 heterocycles. The number of rotatable bonds is 9. The number of anilines is 1. The molecule has 1 aromatic rings. The van der Waals surface area contributed by atoms with E-state index in [4.69, 9.17) is 10.5 Å². The number of nitrogens with two attached hydrogens (primary N) is 1. The van der Waals surface area contributed by atoms with Crippen molar-refractivity contribution < 1.29 is 9.53 Å². The van der Waals surface area contributed by atoms with Gasteiger partial charge in [0.15, 0.2) is 0 Å². The summed E-state index contributed by atoms with van der Waals surface area (Å²) in [6.45, 7) is 5.61. The maximum absolute atomic E-state index is 12.0. The summed E-state index contributed by atoms with van der Waals surface area (Å²) >= 11 is 0. The molecule has 0 aliphatic carbocycles. The van der Waals surface area contributed by atoms with Gasteiger partial charge in [-0.1, -0.05) is 26.0 Å². The molecule has 1 atom stereocenters. The Bertz CT molecular complexity index is 433. The molecule has 0 aliphatic heterocycles. The third-order valence-electron chi connectivity index (χ3n) is 3.74. The van der Waals surface area contributed by atoms with E-state index in [1.807, 2.05) is 24.3 Å². The average Bonchev–Trinajstić information content (AvgIpc) is 2.44. The highest BCUT2D eigenvalue weighted by molar-refractivity contribution is 5.90. The second kappa shape index (κ2) is 9.53. The Balaban J connectivity index is 2.47. The van der Waals surface area contributed by atoms with Gasteiger partial charge in [-0.3, -0.25) is 4.79 Å². The van der Waals surface area contributed by atoms with E-state index in [0.717, 1.165) is 24.1 Å². The van der Waals surface area contributed by atoms with Crippen LogP contribution in [0.3, 0.4) is 0 Å². The zero-order valence-corrected chi connectivity index (χ0v) is 13.4. The van der Waals surface area contributed by atoms with E-state index >= 15 is 0 Å². The molecule has 1 aromatic carbocycles. The average molecular weight is 292 g/mol. The normalized spacial score (nSPS) is 12.4. The smallest absolute Gasteiger partial charge is 0.224 e. The largest absolute Gasteiger partial charge is 0.380 e. The van der Waals surface area contributed by atoms with Crippen LogP contribution in [0.5, 0.6) is 0 Å². The molecule has 0 aliphatic rings. The Morgan fingerprint density at radius 2 is 2.10 bits per heavy atom. The molecule has 0 spiro atoms. The highest BCUT2D eigenvalue weighted by atomic mass is 16.5. The summed E-state index contributed by atoms with van der Waals surface area (Å²) in [5.74, 6) is 1.14. The molecular formula is C17H28N2O2. The lowest BCUT2D eigenvalue weighted by atomic mass is 9.88. The summed E-state index contributed by atoms with van der Waals surface area (Å²) in [5.41, 5.74) is 7.51. The van der Waals surface area contributed by atoms with E-state index in [-0.39, 0.29) is 5.91 Å². The number of nitrogens with one attached hydrogen (secondary N) is 1. The summed E-state index contributed by atoms with van der Waals surface area (Å²) < 4.78 is 5.10. The summed E-state index contributed by atoms with van der Waals surface area (Å²) in [6, 6.07) is 7.75. The Morgan fingerprint density at radius 3 is 2.71 bits per heavy atom. The van der Waals surface area contributed by atoms with E-state index in [0.29, 0.717) is 31.4 Å². The predicted molar refractivity (Wildman–Crippen MR) is 87.0 cm³/mol. The fraction of sp³-hybridized carbons (Fsp3) is 0.588. The Labute approximate surface area is 128 Å². The van der Waals surface area contributed by atoms with E-state index in [1.165, 1.54) is 0 Å². The molecule has 3 N–H and O–H groups in total. The Morgan fingerprint density at radius 1 is 1.33 bits per heavy atom. The van der Waals surface area contributed by atoms with Crippen LogP contribution in [0.15, 0.2) is 24.3 Å². The number of carbonyl (C=O) groups is 1. The van der Waals surface area contributed by atoms with Crippen LogP contribution in [0.1, 0.15) is 38.7 Å². The molecule has 0 radical (unpaired) electrons.